The number of hydrogen-bond acceptors (Lipinski definition) is 9. The topological polar surface area (TPSA) is 192 Å². The summed E-state index contributed by atoms with van der Waals surface area (Å²) >= 11 is 0. The lowest BCUT2D eigenvalue weighted by Gasteiger charge is -2.33. The fraction of sp³-hybridized carbons (Fsp3) is 0.480. The van der Waals surface area contributed by atoms with Crippen molar-refractivity contribution in [2.75, 3.05) is 26.3 Å². The van der Waals surface area contributed by atoms with Crippen LogP contribution in [0.3, 0.4) is 0 Å². The molecule has 2 aromatic rings. The van der Waals surface area contributed by atoms with Gasteiger partial charge >= 0.3 is 21.0 Å². The van der Waals surface area contributed by atoms with E-state index in [1.807, 2.05) is 0 Å². The van der Waals surface area contributed by atoms with Gasteiger partial charge in [0.2, 0.25) is 10.0 Å². The average Bonchev–Trinajstić information content (AvgIpc) is 3.40. The first-order chi connectivity index (χ1) is 19.2. The summed E-state index contributed by atoms with van der Waals surface area (Å²) in [6, 6.07) is 12.6. The molecule has 0 saturated carbocycles. The number of rotatable bonds is 14. The van der Waals surface area contributed by atoms with E-state index < -0.39 is 55.9 Å². The summed E-state index contributed by atoms with van der Waals surface area (Å²) in [6.45, 7) is 3.61. The normalized spacial score (nSPS) is 17.4. The molecule has 41 heavy (non-hydrogen) atoms. The molecule has 16 heteroatoms. The minimum atomic E-state index is -5.17. The summed E-state index contributed by atoms with van der Waals surface area (Å²) in [6.07, 6.45) is -2.33. The highest BCUT2D eigenvalue weighted by Gasteiger charge is 2.37. The Kier molecular flexibility index (Phi) is 11.9. The molecule has 0 aromatic heterocycles. The van der Waals surface area contributed by atoms with Crippen LogP contribution in [0.5, 0.6) is 0 Å². The van der Waals surface area contributed by atoms with Gasteiger partial charge in [0, 0.05) is 19.5 Å². The number of amides is 1. The Morgan fingerprint density at radius 3 is 2.32 bits per heavy atom. The number of nitrogens with one attached hydrogen (secondary N) is 1. The van der Waals surface area contributed by atoms with E-state index in [-0.39, 0.29) is 35.8 Å². The monoisotopic (exact) mass is 614 g/mol. The van der Waals surface area contributed by atoms with Crippen molar-refractivity contribution in [3.63, 3.8) is 0 Å². The number of ether oxygens (including phenoxy) is 2. The van der Waals surface area contributed by atoms with Gasteiger partial charge in [-0.25, -0.2) is 17.8 Å². The maximum atomic E-state index is 13.7. The summed E-state index contributed by atoms with van der Waals surface area (Å²) in [4.78, 5) is 32.2. The van der Waals surface area contributed by atoms with E-state index in [1.54, 1.807) is 44.2 Å². The van der Waals surface area contributed by atoms with Crippen molar-refractivity contribution >= 4 is 36.5 Å². The summed E-state index contributed by atoms with van der Waals surface area (Å²) in [5, 5.41) is 21.4. The molecule has 2 aromatic carbocycles. The quantitative estimate of drug-likeness (QED) is 0.148. The first-order valence-corrected chi connectivity index (χ1v) is 16.0. The summed E-state index contributed by atoms with van der Waals surface area (Å²) in [5.41, 5.74) is 0.776. The van der Waals surface area contributed by atoms with Gasteiger partial charge < -0.3 is 34.6 Å². The minimum Gasteiger partial charge on any atom is -0.444 e. The number of phosphoric ester groups is 1. The number of alkyl carbamates (subject to hydrolysis) is 1. The van der Waals surface area contributed by atoms with Crippen LogP contribution in [0, 0.1) is 5.92 Å². The molecule has 5 N–H and O–H groups in total. The Labute approximate surface area is 239 Å². The number of phosphoric acid groups is 1. The van der Waals surface area contributed by atoms with Gasteiger partial charge in [-0.3, -0.25) is 4.52 Å². The molecule has 3 rings (SSSR count). The van der Waals surface area contributed by atoms with Gasteiger partial charge in [0.15, 0.2) is 0 Å². The molecule has 1 aliphatic heterocycles. The first kappa shape index (κ1) is 33.2. The number of nitrogens with zero attached hydrogens (tertiary/aromatic N) is 1. The molecule has 0 spiro atoms. The van der Waals surface area contributed by atoms with Gasteiger partial charge in [0.1, 0.15) is 12.2 Å². The zero-order valence-electron chi connectivity index (χ0n) is 22.8. The van der Waals surface area contributed by atoms with Gasteiger partial charge in [-0.1, -0.05) is 56.3 Å². The Morgan fingerprint density at radius 2 is 1.78 bits per heavy atom. The van der Waals surface area contributed by atoms with Crippen molar-refractivity contribution < 1.29 is 51.6 Å². The van der Waals surface area contributed by atoms with Crippen LogP contribution in [0.25, 0.3) is 0 Å². The molecule has 226 valence electrons. The second-order valence-electron chi connectivity index (χ2n) is 10.1. The smallest absolute Gasteiger partial charge is 0.444 e. The molecule has 0 bridgehead atoms. The second kappa shape index (κ2) is 14.7. The highest BCUT2D eigenvalue weighted by atomic mass is 32.2. The minimum absolute atomic E-state index is 0.0421. The molecule has 3 atom stereocenters. The van der Waals surface area contributed by atoms with E-state index in [0.29, 0.717) is 18.6 Å². The van der Waals surface area contributed by atoms with Crippen molar-refractivity contribution in [3.05, 3.63) is 60.2 Å². The fourth-order valence-corrected chi connectivity index (χ4v) is 6.52. The molecule has 0 aliphatic carbocycles. The lowest BCUT2D eigenvalue weighted by Crippen LogP contribution is -2.52. The van der Waals surface area contributed by atoms with Crippen molar-refractivity contribution in [1.82, 2.24) is 9.62 Å². The van der Waals surface area contributed by atoms with Gasteiger partial charge in [0.05, 0.1) is 24.2 Å². The van der Waals surface area contributed by atoms with Crippen LogP contribution in [0.15, 0.2) is 59.5 Å². The van der Waals surface area contributed by atoms with Crippen molar-refractivity contribution in [3.8, 4) is 0 Å². The predicted molar refractivity (Wildman–Crippen MR) is 150 cm³/mol. The van der Waals surface area contributed by atoms with Gasteiger partial charge in [-0.2, -0.15) is 4.31 Å². The molecule has 1 heterocycles. The number of hydrogen-bond donors (Lipinski definition) is 5. The van der Waals surface area contributed by atoms with E-state index in [2.05, 4.69) is 5.32 Å². The summed E-state index contributed by atoms with van der Waals surface area (Å²) in [5.74, 6) is -0.202. The second-order valence-corrected chi connectivity index (χ2v) is 13.3. The molecule has 0 unspecified atom stereocenters. The predicted octanol–water partition coefficient (Wildman–Crippen LogP) is 0.617. The number of benzene rings is 2. The van der Waals surface area contributed by atoms with Crippen molar-refractivity contribution in [2.45, 2.75) is 49.8 Å². The molecule has 13 nitrogen and oxygen atoms in total. The van der Waals surface area contributed by atoms with Crippen molar-refractivity contribution in [1.29, 1.82) is 0 Å². The maximum Gasteiger partial charge on any atom is 0.488 e. The van der Waals surface area contributed by atoms with E-state index >= 15 is 0 Å². The van der Waals surface area contributed by atoms with E-state index in [0.717, 1.165) is 4.31 Å². The number of carbonyl (C=O) groups is 1. The van der Waals surface area contributed by atoms with Gasteiger partial charge in [-0.15, -0.1) is 0 Å². The molecular formula is C25H36BN2O11PS. The SMILES string of the molecule is CC(C)CN(C[C@@H](OP(=O)(O)O)[C@H](Cc1ccccc1)NC(=O)O[C@H]1CCOC1)S(=O)(=O)c1ccc(B(O)O)cc1. The third-order valence-corrected chi connectivity index (χ3v) is 8.64. The highest BCUT2D eigenvalue weighted by molar-refractivity contribution is 7.89. The lowest BCUT2D eigenvalue weighted by atomic mass is 9.81. The zero-order valence-corrected chi connectivity index (χ0v) is 24.5. The summed E-state index contributed by atoms with van der Waals surface area (Å²) < 4.78 is 56.3. The third kappa shape index (κ3) is 10.5. The zero-order chi connectivity index (χ0) is 30.2. The molecule has 0 radical (unpaired) electrons. The average molecular weight is 614 g/mol. The Morgan fingerprint density at radius 1 is 1.12 bits per heavy atom. The Bertz CT molecular complexity index is 1270. The lowest BCUT2D eigenvalue weighted by molar-refractivity contribution is 0.0601. The fourth-order valence-electron chi connectivity index (χ4n) is 4.34. The highest BCUT2D eigenvalue weighted by Crippen LogP contribution is 2.39. The molecule has 1 amide bonds. The molecular weight excluding hydrogens is 578 g/mol. The maximum absolute atomic E-state index is 13.7. The Hall–Kier alpha value is -2.33. The first-order valence-electron chi connectivity index (χ1n) is 13.0. The number of sulfonamides is 1. The summed E-state index contributed by atoms with van der Waals surface area (Å²) in [7, 11) is -11.2. The standard InChI is InChI=1S/C25H36BN2O11PS/c1-18(2)15-28(41(35,36)22-10-8-20(9-11-22)26(30)31)16-24(39-40(32,33)34)23(14-19-6-4-3-5-7-19)27-25(29)38-21-12-13-37-17-21/h3-11,18,21,23-24,30-31H,12-17H2,1-2H3,(H,27,29)(H2,32,33,34)/t21-,23-,24+/m0/s1. The van der Waals surface area contributed by atoms with Crippen LogP contribution in [-0.4, -0.2) is 90.3 Å². The van der Waals surface area contributed by atoms with Crippen LogP contribution in [0.2, 0.25) is 0 Å². The molecule has 1 aliphatic rings. The molecule has 1 fully saturated rings. The van der Waals surface area contributed by atoms with E-state index in [1.165, 1.54) is 24.3 Å². The largest absolute Gasteiger partial charge is 0.488 e. The van der Waals surface area contributed by atoms with Crippen molar-refractivity contribution in [2.24, 2.45) is 5.92 Å². The van der Waals surface area contributed by atoms with Gasteiger partial charge in [0.25, 0.3) is 0 Å². The van der Waals surface area contributed by atoms with Crippen LogP contribution in [0.1, 0.15) is 25.8 Å². The molecule has 1 saturated heterocycles. The van der Waals surface area contributed by atoms with E-state index in [4.69, 9.17) is 14.0 Å². The third-order valence-electron chi connectivity index (χ3n) is 6.25. The van der Waals surface area contributed by atoms with Crippen LogP contribution >= 0.6 is 7.82 Å². The van der Waals surface area contributed by atoms with Crippen LogP contribution in [0.4, 0.5) is 4.79 Å². The Balaban J connectivity index is 1.97. The number of carbonyl (C=O) groups excluding carboxylic acids is 1. The van der Waals surface area contributed by atoms with E-state index in [9.17, 15) is 37.6 Å². The van der Waals surface area contributed by atoms with Gasteiger partial charge in [-0.05, 0) is 35.5 Å². The van der Waals surface area contributed by atoms with Crippen LogP contribution < -0.4 is 10.8 Å². The van der Waals surface area contributed by atoms with Crippen LogP contribution in [-0.2, 0) is 35.0 Å².